The highest BCUT2D eigenvalue weighted by atomic mass is 16.4. The third-order valence-corrected chi connectivity index (χ3v) is 2.35. The Balaban J connectivity index is 2.77. The van der Waals surface area contributed by atoms with E-state index >= 15 is 0 Å². The molecule has 0 aromatic carbocycles. The summed E-state index contributed by atoms with van der Waals surface area (Å²) in [5.41, 5.74) is 5.15. The zero-order valence-corrected chi connectivity index (χ0v) is 6.95. The maximum atomic E-state index is 10.5. The first-order chi connectivity index (χ1) is 6.37. The molecular formula is C7H9NO6. The molecule has 4 atom stereocenters. The molecule has 1 aliphatic carbocycles. The van der Waals surface area contributed by atoms with Crippen LogP contribution in [0.4, 0.5) is 0 Å². The van der Waals surface area contributed by atoms with Gasteiger partial charge in [-0.25, -0.2) is 0 Å². The lowest BCUT2D eigenvalue weighted by Gasteiger charge is -2.02. The second-order valence-corrected chi connectivity index (χ2v) is 3.17. The number of carboxylic acid groups (broad SMARTS) is 3. The van der Waals surface area contributed by atoms with Crippen LogP contribution in [0.2, 0.25) is 0 Å². The smallest absolute Gasteiger partial charge is 0.320 e. The second-order valence-electron chi connectivity index (χ2n) is 3.17. The fourth-order valence-electron chi connectivity index (χ4n) is 1.58. The predicted molar refractivity (Wildman–Crippen MR) is 41.4 cm³/mol. The van der Waals surface area contributed by atoms with Gasteiger partial charge in [-0.2, -0.15) is 0 Å². The lowest BCUT2D eigenvalue weighted by atomic mass is 10.1. The van der Waals surface area contributed by atoms with Gasteiger partial charge in [-0.15, -0.1) is 0 Å². The number of carboxylic acids is 3. The molecule has 0 aromatic heterocycles. The summed E-state index contributed by atoms with van der Waals surface area (Å²) in [6.07, 6.45) is 0. The van der Waals surface area contributed by atoms with E-state index in [1.165, 1.54) is 0 Å². The molecule has 7 nitrogen and oxygen atoms in total. The Bertz CT molecular complexity index is 281. The molecule has 0 amide bonds. The van der Waals surface area contributed by atoms with Crippen molar-refractivity contribution in [2.75, 3.05) is 0 Å². The van der Waals surface area contributed by atoms with Gasteiger partial charge in [0.1, 0.15) is 6.04 Å². The van der Waals surface area contributed by atoms with Crippen LogP contribution in [0.3, 0.4) is 0 Å². The first kappa shape index (κ1) is 10.5. The number of hydrogen-bond acceptors (Lipinski definition) is 4. The van der Waals surface area contributed by atoms with Crippen LogP contribution in [0, 0.1) is 17.8 Å². The van der Waals surface area contributed by atoms with Gasteiger partial charge in [0, 0.05) is 5.92 Å². The quantitative estimate of drug-likeness (QED) is 0.433. The summed E-state index contributed by atoms with van der Waals surface area (Å²) in [6, 6.07) is -1.43. The van der Waals surface area contributed by atoms with Crippen molar-refractivity contribution in [3.05, 3.63) is 0 Å². The number of rotatable bonds is 4. The Labute approximate surface area is 78.1 Å². The third-order valence-electron chi connectivity index (χ3n) is 2.35. The molecule has 2 unspecified atom stereocenters. The number of aliphatic carboxylic acids is 3. The molecule has 1 aliphatic rings. The molecule has 0 radical (unpaired) electrons. The van der Waals surface area contributed by atoms with E-state index in [2.05, 4.69) is 0 Å². The molecule has 0 aromatic rings. The van der Waals surface area contributed by atoms with Crippen LogP contribution in [0.25, 0.3) is 0 Å². The van der Waals surface area contributed by atoms with E-state index in [0.717, 1.165) is 0 Å². The van der Waals surface area contributed by atoms with Crippen molar-refractivity contribution < 1.29 is 29.7 Å². The fraction of sp³-hybridized carbons (Fsp3) is 0.571. The molecule has 0 saturated heterocycles. The van der Waals surface area contributed by atoms with Crippen molar-refractivity contribution in [2.45, 2.75) is 6.04 Å². The molecule has 7 heteroatoms. The molecule has 0 spiro atoms. The minimum Gasteiger partial charge on any atom is -0.481 e. The Morgan fingerprint density at radius 1 is 1.00 bits per heavy atom. The summed E-state index contributed by atoms with van der Waals surface area (Å²) < 4.78 is 0. The highest BCUT2D eigenvalue weighted by molar-refractivity contribution is 5.89. The normalized spacial score (nSPS) is 31.9. The average Bonchev–Trinajstić information content (AvgIpc) is 2.76. The topological polar surface area (TPSA) is 138 Å². The maximum absolute atomic E-state index is 10.5. The molecule has 1 saturated carbocycles. The minimum atomic E-state index is -1.43. The standard InChI is InChI=1S/C7H9NO6/c8-4(7(13)14)1-2(5(9)10)3(1)6(11)12/h1-4H,8H2,(H,9,10)(H,11,12)(H,13,14)/t1?,2-,3?,4-/m1/s1. The van der Waals surface area contributed by atoms with Crippen molar-refractivity contribution in [1.29, 1.82) is 0 Å². The van der Waals surface area contributed by atoms with Gasteiger partial charge in [-0.1, -0.05) is 0 Å². The van der Waals surface area contributed by atoms with Crippen LogP contribution in [0.5, 0.6) is 0 Å². The first-order valence-corrected chi connectivity index (χ1v) is 3.82. The van der Waals surface area contributed by atoms with Crippen LogP contribution in [-0.2, 0) is 14.4 Å². The van der Waals surface area contributed by atoms with E-state index in [9.17, 15) is 14.4 Å². The lowest BCUT2D eigenvalue weighted by molar-refractivity contribution is -0.144. The van der Waals surface area contributed by atoms with Crippen LogP contribution >= 0.6 is 0 Å². The van der Waals surface area contributed by atoms with Gasteiger partial charge in [0.2, 0.25) is 0 Å². The van der Waals surface area contributed by atoms with Crippen LogP contribution in [0.15, 0.2) is 0 Å². The molecule has 78 valence electrons. The number of nitrogens with two attached hydrogens (primary N) is 1. The Morgan fingerprint density at radius 2 is 1.36 bits per heavy atom. The van der Waals surface area contributed by atoms with E-state index < -0.39 is 41.7 Å². The van der Waals surface area contributed by atoms with Crippen LogP contribution in [0.1, 0.15) is 0 Å². The average molecular weight is 203 g/mol. The Hall–Kier alpha value is -1.63. The number of carbonyl (C=O) groups is 3. The highest BCUT2D eigenvalue weighted by Crippen LogP contribution is 2.48. The molecule has 0 aliphatic heterocycles. The highest BCUT2D eigenvalue weighted by Gasteiger charge is 2.63. The monoisotopic (exact) mass is 203 g/mol. The van der Waals surface area contributed by atoms with Gasteiger partial charge < -0.3 is 21.1 Å². The summed E-state index contributed by atoms with van der Waals surface area (Å²) in [5, 5.41) is 25.6. The van der Waals surface area contributed by atoms with E-state index in [-0.39, 0.29) is 0 Å². The molecule has 1 rings (SSSR count). The SMILES string of the molecule is N[C@@H](C(=O)O)C1C(C(=O)O)[C@@H]1C(=O)O. The van der Waals surface area contributed by atoms with Crippen molar-refractivity contribution in [2.24, 2.45) is 23.5 Å². The second kappa shape index (κ2) is 3.26. The number of hydrogen-bond donors (Lipinski definition) is 4. The van der Waals surface area contributed by atoms with Gasteiger partial charge in [0.05, 0.1) is 11.8 Å². The summed E-state index contributed by atoms with van der Waals surface area (Å²) in [6.45, 7) is 0. The van der Waals surface area contributed by atoms with Crippen molar-refractivity contribution in [3.63, 3.8) is 0 Å². The molecule has 1 fully saturated rings. The minimum absolute atomic E-state index is 1.01. The van der Waals surface area contributed by atoms with E-state index in [4.69, 9.17) is 21.1 Å². The predicted octanol–water partition coefficient (Wildman–Crippen LogP) is -1.57. The van der Waals surface area contributed by atoms with E-state index in [1.807, 2.05) is 0 Å². The fourth-order valence-corrected chi connectivity index (χ4v) is 1.58. The first-order valence-electron chi connectivity index (χ1n) is 3.82. The summed E-state index contributed by atoms with van der Waals surface area (Å²) in [7, 11) is 0. The van der Waals surface area contributed by atoms with Gasteiger partial charge >= 0.3 is 17.9 Å². The van der Waals surface area contributed by atoms with Crippen molar-refractivity contribution in [3.8, 4) is 0 Å². The van der Waals surface area contributed by atoms with Crippen LogP contribution in [-0.4, -0.2) is 39.3 Å². The largest absolute Gasteiger partial charge is 0.481 e. The molecule has 0 bridgehead atoms. The van der Waals surface area contributed by atoms with E-state index in [0.29, 0.717) is 0 Å². The molecule has 5 N–H and O–H groups in total. The Morgan fingerprint density at radius 3 is 1.57 bits per heavy atom. The zero-order chi connectivity index (χ0) is 11.0. The summed E-state index contributed by atoms with van der Waals surface area (Å²) in [4.78, 5) is 31.4. The van der Waals surface area contributed by atoms with Crippen molar-refractivity contribution in [1.82, 2.24) is 0 Å². The van der Waals surface area contributed by atoms with Crippen molar-refractivity contribution >= 4 is 17.9 Å². The summed E-state index contributed by atoms with van der Waals surface area (Å²) in [5.74, 6) is -7.40. The lowest BCUT2D eigenvalue weighted by Crippen LogP contribution is -2.34. The Kier molecular flexibility index (Phi) is 2.43. The maximum Gasteiger partial charge on any atom is 0.320 e. The van der Waals surface area contributed by atoms with Gasteiger partial charge in [0.25, 0.3) is 0 Å². The van der Waals surface area contributed by atoms with Crippen LogP contribution < -0.4 is 5.73 Å². The molecular weight excluding hydrogens is 194 g/mol. The third kappa shape index (κ3) is 1.53. The zero-order valence-electron chi connectivity index (χ0n) is 6.95. The summed E-state index contributed by atoms with van der Waals surface area (Å²) >= 11 is 0. The van der Waals surface area contributed by atoms with E-state index in [1.54, 1.807) is 0 Å². The molecule has 14 heavy (non-hydrogen) atoms. The van der Waals surface area contributed by atoms with Gasteiger partial charge in [-0.05, 0) is 0 Å². The van der Waals surface area contributed by atoms with Gasteiger partial charge in [-0.3, -0.25) is 14.4 Å². The van der Waals surface area contributed by atoms with Gasteiger partial charge in [0.15, 0.2) is 0 Å². The molecule has 0 heterocycles.